The Morgan fingerprint density at radius 1 is 1.04 bits per heavy atom. The summed E-state index contributed by atoms with van der Waals surface area (Å²) in [6, 6.07) is 14.5. The standard InChI is InChI=1S/C22H22N2O4/c1-13-18-7-5-6-8-19(18)23-14(2)20(13)22(26)28-15(3)21(25)24-16-9-11-17(27-4)12-10-16/h5-12,15H,1-4H3,(H,24,25). The summed E-state index contributed by atoms with van der Waals surface area (Å²) in [6.45, 7) is 5.16. The smallest absolute Gasteiger partial charge is 0.341 e. The van der Waals surface area contributed by atoms with Crippen LogP contribution < -0.4 is 10.1 Å². The van der Waals surface area contributed by atoms with Crippen LogP contribution in [0.5, 0.6) is 5.75 Å². The number of fused-ring (bicyclic) bond motifs is 1. The molecule has 0 spiro atoms. The summed E-state index contributed by atoms with van der Waals surface area (Å²) in [4.78, 5) is 29.6. The Labute approximate surface area is 163 Å². The van der Waals surface area contributed by atoms with Gasteiger partial charge in [0.1, 0.15) is 5.75 Å². The maximum atomic E-state index is 12.7. The minimum Gasteiger partial charge on any atom is -0.497 e. The molecule has 2 aromatic carbocycles. The molecule has 1 heterocycles. The van der Waals surface area contributed by atoms with Crippen LogP contribution in [-0.4, -0.2) is 30.1 Å². The molecule has 3 rings (SSSR count). The molecule has 3 aromatic rings. The molecule has 6 nitrogen and oxygen atoms in total. The number of amides is 1. The number of aryl methyl sites for hydroxylation is 2. The van der Waals surface area contributed by atoms with E-state index in [1.165, 1.54) is 6.92 Å². The van der Waals surface area contributed by atoms with Gasteiger partial charge in [0.2, 0.25) is 0 Å². The number of methoxy groups -OCH3 is 1. The van der Waals surface area contributed by atoms with Crippen molar-refractivity contribution >= 4 is 28.5 Å². The molecule has 1 N–H and O–H groups in total. The van der Waals surface area contributed by atoms with Crippen LogP contribution in [0.2, 0.25) is 0 Å². The van der Waals surface area contributed by atoms with Crippen LogP contribution in [0.15, 0.2) is 48.5 Å². The zero-order chi connectivity index (χ0) is 20.3. The highest BCUT2D eigenvalue weighted by atomic mass is 16.5. The minimum absolute atomic E-state index is 0.391. The van der Waals surface area contributed by atoms with Gasteiger partial charge in [-0.15, -0.1) is 0 Å². The van der Waals surface area contributed by atoms with Crippen molar-refractivity contribution in [1.29, 1.82) is 0 Å². The fourth-order valence-corrected chi connectivity index (χ4v) is 3.02. The van der Waals surface area contributed by atoms with E-state index in [1.807, 2.05) is 31.2 Å². The van der Waals surface area contributed by atoms with E-state index in [0.717, 1.165) is 16.5 Å². The summed E-state index contributed by atoms with van der Waals surface area (Å²) in [5, 5.41) is 3.61. The lowest BCUT2D eigenvalue weighted by Crippen LogP contribution is -2.30. The maximum absolute atomic E-state index is 12.7. The number of para-hydroxylation sites is 1. The van der Waals surface area contributed by atoms with Crippen LogP contribution in [0.4, 0.5) is 5.69 Å². The monoisotopic (exact) mass is 378 g/mol. The minimum atomic E-state index is -0.958. The second-order valence-corrected chi connectivity index (χ2v) is 6.48. The number of rotatable bonds is 5. The molecule has 28 heavy (non-hydrogen) atoms. The van der Waals surface area contributed by atoms with Gasteiger partial charge in [-0.2, -0.15) is 0 Å². The number of aromatic nitrogens is 1. The Morgan fingerprint density at radius 2 is 1.71 bits per heavy atom. The zero-order valence-electron chi connectivity index (χ0n) is 16.3. The van der Waals surface area contributed by atoms with Crippen molar-refractivity contribution in [2.24, 2.45) is 0 Å². The average molecular weight is 378 g/mol. The number of anilines is 1. The van der Waals surface area contributed by atoms with E-state index < -0.39 is 18.0 Å². The van der Waals surface area contributed by atoms with Crippen molar-refractivity contribution in [2.45, 2.75) is 26.9 Å². The lowest BCUT2D eigenvalue weighted by atomic mass is 10.0. The number of pyridine rings is 1. The van der Waals surface area contributed by atoms with Crippen LogP contribution in [0.1, 0.15) is 28.5 Å². The third kappa shape index (κ3) is 3.96. The highest BCUT2D eigenvalue weighted by Gasteiger charge is 2.23. The molecule has 0 aliphatic rings. The molecule has 0 saturated heterocycles. The SMILES string of the molecule is COc1ccc(NC(=O)C(C)OC(=O)c2c(C)nc3ccccc3c2C)cc1. The van der Waals surface area contributed by atoms with Crippen LogP contribution in [0.25, 0.3) is 10.9 Å². The van der Waals surface area contributed by atoms with Gasteiger partial charge < -0.3 is 14.8 Å². The van der Waals surface area contributed by atoms with E-state index in [-0.39, 0.29) is 0 Å². The Balaban J connectivity index is 1.74. The van der Waals surface area contributed by atoms with E-state index in [9.17, 15) is 9.59 Å². The van der Waals surface area contributed by atoms with E-state index in [2.05, 4.69) is 10.3 Å². The second-order valence-electron chi connectivity index (χ2n) is 6.48. The van der Waals surface area contributed by atoms with Crippen LogP contribution >= 0.6 is 0 Å². The van der Waals surface area contributed by atoms with Gasteiger partial charge in [0.25, 0.3) is 5.91 Å². The largest absolute Gasteiger partial charge is 0.497 e. The molecule has 0 aliphatic carbocycles. The summed E-state index contributed by atoms with van der Waals surface area (Å²) >= 11 is 0. The molecule has 1 amide bonds. The third-order valence-electron chi connectivity index (χ3n) is 4.55. The number of carbonyl (C=O) groups is 2. The lowest BCUT2D eigenvalue weighted by molar-refractivity contribution is -0.123. The highest BCUT2D eigenvalue weighted by molar-refractivity contribution is 6.01. The van der Waals surface area contributed by atoms with Crippen molar-refractivity contribution in [3.63, 3.8) is 0 Å². The zero-order valence-corrected chi connectivity index (χ0v) is 16.3. The van der Waals surface area contributed by atoms with Crippen LogP contribution in [0, 0.1) is 13.8 Å². The first kappa shape index (κ1) is 19.4. The van der Waals surface area contributed by atoms with Crippen LogP contribution in [0.3, 0.4) is 0 Å². The predicted octanol–water partition coefficient (Wildman–Crippen LogP) is 4.04. The van der Waals surface area contributed by atoms with Crippen LogP contribution in [-0.2, 0) is 9.53 Å². The Kier molecular flexibility index (Phi) is 5.59. The number of esters is 1. The molecule has 1 aromatic heterocycles. The molecule has 144 valence electrons. The molecular weight excluding hydrogens is 356 g/mol. The molecule has 0 fully saturated rings. The van der Waals surface area contributed by atoms with E-state index in [4.69, 9.17) is 9.47 Å². The quantitative estimate of drug-likeness (QED) is 0.678. The summed E-state index contributed by atoms with van der Waals surface area (Å²) < 4.78 is 10.5. The number of benzene rings is 2. The number of carbonyl (C=O) groups excluding carboxylic acids is 2. The fraction of sp³-hybridized carbons (Fsp3) is 0.227. The fourth-order valence-electron chi connectivity index (χ4n) is 3.02. The van der Waals surface area contributed by atoms with Crippen molar-refractivity contribution in [3.05, 3.63) is 65.4 Å². The third-order valence-corrected chi connectivity index (χ3v) is 4.55. The van der Waals surface area contributed by atoms with Gasteiger partial charge in [0, 0.05) is 11.1 Å². The summed E-state index contributed by atoms with van der Waals surface area (Å²) in [5.74, 6) is -0.291. The number of hydrogen-bond acceptors (Lipinski definition) is 5. The van der Waals surface area contributed by atoms with Gasteiger partial charge >= 0.3 is 5.97 Å². The summed E-state index contributed by atoms with van der Waals surface area (Å²) in [7, 11) is 1.57. The van der Waals surface area contributed by atoms with Gasteiger partial charge in [-0.05, 0) is 56.7 Å². The predicted molar refractivity (Wildman–Crippen MR) is 108 cm³/mol. The first-order valence-electron chi connectivity index (χ1n) is 8.92. The molecule has 1 atom stereocenters. The van der Waals surface area contributed by atoms with E-state index in [0.29, 0.717) is 22.7 Å². The summed E-state index contributed by atoms with van der Waals surface area (Å²) in [5.41, 5.74) is 3.16. The number of ether oxygens (including phenoxy) is 2. The van der Waals surface area contributed by atoms with Gasteiger partial charge in [0.05, 0.1) is 23.9 Å². The van der Waals surface area contributed by atoms with E-state index in [1.54, 1.807) is 38.3 Å². The average Bonchev–Trinajstić information content (AvgIpc) is 2.68. The highest BCUT2D eigenvalue weighted by Crippen LogP contribution is 2.23. The first-order chi connectivity index (χ1) is 13.4. The number of hydrogen-bond donors (Lipinski definition) is 1. The molecule has 0 saturated carbocycles. The van der Waals surface area contributed by atoms with Crippen molar-refractivity contribution in [1.82, 2.24) is 4.98 Å². The number of nitrogens with one attached hydrogen (secondary N) is 1. The number of nitrogens with zero attached hydrogens (tertiary/aromatic N) is 1. The van der Waals surface area contributed by atoms with Gasteiger partial charge in [0.15, 0.2) is 6.10 Å². The topological polar surface area (TPSA) is 77.5 Å². The first-order valence-corrected chi connectivity index (χ1v) is 8.92. The molecule has 0 bridgehead atoms. The van der Waals surface area contributed by atoms with Crippen molar-refractivity contribution in [3.8, 4) is 5.75 Å². The van der Waals surface area contributed by atoms with Gasteiger partial charge in [-0.1, -0.05) is 18.2 Å². The Hall–Kier alpha value is -3.41. The van der Waals surface area contributed by atoms with E-state index >= 15 is 0 Å². The molecule has 6 heteroatoms. The summed E-state index contributed by atoms with van der Waals surface area (Å²) in [6.07, 6.45) is -0.958. The Bertz CT molecular complexity index is 1030. The lowest BCUT2D eigenvalue weighted by Gasteiger charge is -2.16. The molecule has 0 radical (unpaired) electrons. The maximum Gasteiger partial charge on any atom is 0.341 e. The molecule has 1 unspecified atom stereocenters. The van der Waals surface area contributed by atoms with Crippen molar-refractivity contribution < 1.29 is 19.1 Å². The molecule has 0 aliphatic heterocycles. The van der Waals surface area contributed by atoms with Gasteiger partial charge in [-0.3, -0.25) is 9.78 Å². The van der Waals surface area contributed by atoms with Crippen molar-refractivity contribution in [2.75, 3.05) is 12.4 Å². The normalized spacial score (nSPS) is 11.7. The van der Waals surface area contributed by atoms with Gasteiger partial charge in [-0.25, -0.2) is 4.79 Å². The Morgan fingerprint density at radius 3 is 2.39 bits per heavy atom. The molecular formula is C22H22N2O4. The second kappa shape index (κ2) is 8.08.